The van der Waals surface area contributed by atoms with Gasteiger partial charge in [-0.05, 0) is 23.8 Å². The molecule has 3 N–H and O–H groups in total. The molecule has 0 fully saturated rings. The van der Waals surface area contributed by atoms with Gasteiger partial charge in [-0.15, -0.1) is 10.2 Å². The summed E-state index contributed by atoms with van der Waals surface area (Å²) in [5, 5.41) is 26.1. The van der Waals surface area contributed by atoms with Gasteiger partial charge >= 0.3 is 0 Å². The summed E-state index contributed by atoms with van der Waals surface area (Å²) in [7, 11) is 0. The SMILES string of the molecule is CSNNC(=O)c1ccc(COc2nn3c(-c4cc(CO)on4)nncc3c2C(C)(C)C)nc1. The highest BCUT2D eigenvalue weighted by molar-refractivity contribution is 7.96. The number of aliphatic hydroxyl groups excluding tert-OH is 1. The Balaban J connectivity index is 1.63. The van der Waals surface area contributed by atoms with E-state index in [9.17, 15) is 9.90 Å². The molecule has 0 radical (unpaired) electrons. The van der Waals surface area contributed by atoms with E-state index in [0.29, 0.717) is 39.9 Å². The molecule has 34 heavy (non-hydrogen) atoms. The van der Waals surface area contributed by atoms with Crippen LogP contribution in [0.4, 0.5) is 0 Å². The van der Waals surface area contributed by atoms with E-state index in [2.05, 4.69) is 35.7 Å². The molecule has 0 bridgehead atoms. The normalized spacial score (nSPS) is 11.7. The highest BCUT2D eigenvalue weighted by atomic mass is 32.2. The molecule has 0 unspecified atom stereocenters. The van der Waals surface area contributed by atoms with E-state index < -0.39 is 0 Å². The second-order valence-electron chi connectivity index (χ2n) is 8.32. The number of ether oxygens (including phenoxy) is 1. The van der Waals surface area contributed by atoms with Crippen LogP contribution in [0, 0.1) is 0 Å². The Morgan fingerprint density at radius 1 is 1.29 bits per heavy atom. The Bertz CT molecular complexity index is 1300. The zero-order valence-corrected chi connectivity index (χ0v) is 19.9. The molecule has 4 heterocycles. The Labute approximate surface area is 199 Å². The topological polar surface area (TPSA) is 153 Å². The van der Waals surface area contributed by atoms with E-state index in [0.717, 1.165) is 5.56 Å². The van der Waals surface area contributed by atoms with E-state index in [1.165, 1.54) is 18.1 Å². The predicted molar refractivity (Wildman–Crippen MR) is 124 cm³/mol. The molecule has 4 aromatic heterocycles. The van der Waals surface area contributed by atoms with Crippen molar-refractivity contribution in [2.45, 2.75) is 39.4 Å². The van der Waals surface area contributed by atoms with Crippen molar-refractivity contribution in [3.8, 4) is 17.4 Å². The van der Waals surface area contributed by atoms with Gasteiger partial charge in [0.2, 0.25) is 11.7 Å². The van der Waals surface area contributed by atoms with Gasteiger partial charge in [0, 0.05) is 17.8 Å². The van der Waals surface area contributed by atoms with Crippen LogP contribution in [0.15, 0.2) is 35.1 Å². The molecule has 178 valence electrons. The molecule has 4 aromatic rings. The predicted octanol–water partition coefficient (Wildman–Crippen LogP) is 2.06. The summed E-state index contributed by atoms with van der Waals surface area (Å²) < 4.78 is 12.8. The summed E-state index contributed by atoms with van der Waals surface area (Å²) in [4.78, 5) is 19.0. The fourth-order valence-electron chi connectivity index (χ4n) is 3.29. The second kappa shape index (κ2) is 9.75. The molecule has 4 rings (SSSR count). The molecule has 0 aromatic carbocycles. The quantitative estimate of drug-likeness (QED) is 0.249. The summed E-state index contributed by atoms with van der Waals surface area (Å²) in [5.41, 5.74) is 5.22. The Morgan fingerprint density at radius 3 is 2.76 bits per heavy atom. The summed E-state index contributed by atoms with van der Waals surface area (Å²) in [5.74, 6) is 0.784. The summed E-state index contributed by atoms with van der Waals surface area (Å²) in [6.07, 6.45) is 4.90. The van der Waals surface area contributed by atoms with Crippen LogP contribution in [0.1, 0.15) is 48.1 Å². The first-order chi connectivity index (χ1) is 16.3. The van der Waals surface area contributed by atoms with Crippen LogP contribution in [0.3, 0.4) is 0 Å². The van der Waals surface area contributed by atoms with Crippen LogP contribution in [0.5, 0.6) is 5.88 Å². The third-order valence-corrected chi connectivity index (χ3v) is 5.13. The third kappa shape index (κ3) is 4.85. The molecule has 13 heteroatoms. The van der Waals surface area contributed by atoms with E-state index >= 15 is 0 Å². The number of carbonyl (C=O) groups excluding carboxylic acids is 1. The van der Waals surface area contributed by atoms with Crippen molar-refractivity contribution < 1.29 is 19.2 Å². The van der Waals surface area contributed by atoms with Gasteiger partial charge in [-0.2, -0.15) is 9.93 Å². The number of fused-ring (bicyclic) bond motifs is 1. The van der Waals surface area contributed by atoms with E-state index in [1.54, 1.807) is 35.2 Å². The van der Waals surface area contributed by atoms with Crippen molar-refractivity contribution in [2.24, 2.45) is 0 Å². The van der Waals surface area contributed by atoms with Crippen LogP contribution >= 0.6 is 11.9 Å². The molecule has 0 aliphatic rings. The minimum absolute atomic E-state index is 0.146. The second-order valence-corrected chi connectivity index (χ2v) is 8.93. The van der Waals surface area contributed by atoms with E-state index in [-0.39, 0.29) is 24.5 Å². The zero-order chi connectivity index (χ0) is 24.3. The average molecular weight is 485 g/mol. The smallest absolute Gasteiger partial charge is 0.267 e. The number of hydrazine groups is 1. The molecule has 0 saturated carbocycles. The summed E-state index contributed by atoms with van der Waals surface area (Å²) in [6.45, 7) is 6.01. The molecule has 0 atom stereocenters. The van der Waals surface area contributed by atoms with Gasteiger partial charge in [0.15, 0.2) is 11.5 Å². The molecule has 1 amide bonds. The molecular weight excluding hydrogens is 460 g/mol. The van der Waals surface area contributed by atoms with E-state index in [4.69, 9.17) is 9.26 Å². The number of rotatable bonds is 8. The Morgan fingerprint density at radius 2 is 2.12 bits per heavy atom. The Kier molecular flexibility index (Phi) is 6.77. The van der Waals surface area contributed by atoms with Gasteiger partial charge in [-0.3, -0.25) is 15.2 Å². The maximum Gasteiger partial charge on any atom is 0.267 e. The number of hydrogen-bond acceptors (Lipinski definition) is 11. The van der Waals surface area contributed by atoms with E-state index in [1.807, 2.05) is 20.8 Å². The third-order valence-electron chi connectivity index (χ3n) is 4.83. The summed E-state index contributed by atoms with van der Waals surface area (Å²) in [6, 6.07) is 4.98. The van der Waals surface area contributed by atoms with Crippen LogP contribution < -0.4 is 15.0 Å². The van der Waals surface area contributed by atoms with Gasteiger partial charge in [0.25, 0.3) is 5.91 Å². The summed E-state index contributed by atoms with van der Waals surface area (Å²) >= 11 is 1.28. The molecule has 0 spiro atoms. The van der Waals surface area contributed by atoms with Crippen LogP contribution in [0.25, 0.3) is 17.0 Å². The molecule has 0 aliphatic carbocycles. The first-order valence-electron chi connectivity index (χ1n) is 10.3. The minimum atomic E-state index is -0.322. The zero-order valence-electron chi connectivity index (χ0n) is 19.1. The first-order valence-corrected chi connectivity index (χ1v) is 11.5. The van der Waals surface area contributed by atoms with Gasteiger partial charge < -0.3 is 14.4 Å². The highest BCUT2D eigenvalue weighted by Crippen LogP contribution is 2.36. The molecule has 0 saturated heterocycles. The number of nitrogens with zero attached hydrogens (tertiary/aromatic N) is 6. The number of hydrogen-bond donors (Lipinski definition) is 3. The van der Waals surface area contributed by atoms with Crippen molar-refractivity contribution in [3.63, 3.8) is 0 Å². The van der Waals surface area contributed by atoms with Gasteiger partial charge in [0.05, 0.1) is 23.0 Å². The lowest BCUT2D eigenvalue weighted by Gasteiger charge is -2.18. The Hall–Kier alpha value is -3.55. The van der Waals surface area contributed by atoms with Crippen LogP contribution in [-0.2, 0) is 18.6 Å². The molecule has 0 aliphatic heterocycles. The maximum absolute atomic E-state index is 12.0. The van der Waals surface area contributed by atoms with Gasteiger partial charge in [-0.25, -0.2) is 4.52 Å². The monoisotopic (exact) mass is 484 g/mol. The number of aromatic nitrogens is 6. The lowest BCUT2D eigenvalue weighted by atomic mass is 9.88. The lowest BCUT2D eigenvalue weighted by molar-refractivity contribution is 0.0946. The number of aliphatic hydroxyl groups is 1. The van der Waals surface area contributed by atoms with Gasteiger partial charge in [0.1, 0.15) is 13.2 Å². The molecule has 12 nitrogen and oxygen atoms in total. The fraction of sp³-hybridized carbons (Fsp3) is 0.333. The molecular formula is C21H24N8O4S. The highest BCUT2D eigenvalue weighted by Gasteiger charge is 2.28. The maximum atomic E-state index is 12.0. The standard InChI is InChI=1S/C21H24N8O4S/c1-21(2,3)17-16-9-23-24-18(15-7-14(10-30)33-27-15)29(16)26-20(17)32-11-13-6-5-12(8-22-13)19(31)25-28-34-4/h5-9,28,30H,10-11H2,1-4H3,(H,25,31). The van der Waals surface area contributed by atoms with Crippen LogP contribution in [-0.4, -0.2) is 47.2 Å². The van der Waals surface area contributed by atoms with Crippen molar-refractivity contribution in [3.05, 3.63) is 53.2 Å². The van der Waals surface area contributed by atoms with Gasteiger partial charge in [-0.1, -0.05) is 37.9 Å². The lowest BCUT2D eigenvalue weighted by Crippen LogP contribution is -2.32. The largest absolute Gasteiger partial charge is 0.470 e. The number of carbonyl (C=O) groups is 1. The van der Waals surface area contributed by atoms with Crippen molar-refractivity contribution in [1.29, 1.82) is 0 Å². The first kappa shape index (κ1) is 23.6. The van der Waals surface area contributed by atoms with Crippen molar-refractivity contribution in [1.82, 2.24) is 40.2 Å². The number of pyridine rings is 1. The number of amides is 1. The minimum Gasteiger partial charge on any atom is -0.470 e. The van der Waals surface area contributed by atoms with Crippen LogP contribution in [0.2, 0.25) is 0 Å². The average Bonchev–Trinajstić information content (AvgIpc) is 3.45. The fourth-order valence-corrected chi connectivity index (χ4v) is 3.48. The number of nitrogens with one attached hydrogen (secondary N) is 2. The van der Waals surface area contributed by atoms with Crippen molar-refractivity contribution in [2.75, 3.05) is 6.26 Å². The van der Waals surface area contributed by atoms with Crippen molar-refractivity contribution >= 4 is 23.4 Å².